The van der Waals surface area contributed by atoms with Crippen molar-refractivity contribution in [2.45, 2.75) is 30.5 Å². The van der Waals surface area contributed by atoms with Gasteiger partial charge in [0.2, 0.25) is 10.0 Å². The summed E-state index contributed by atoms with van der Waals surface area (Å²) in [6.45, 7) is 4.23. The lowest BCUT2D eigenvalue weighted by Gasteiger charge is -2.25. The highest BCUT2D eigenvalue weighted by Crippen LogP contribution is 2.25. The van der Waals surface area contributed by atoms with Crippen molar-refractivity contribution >= 4 is 27.3 Å². The van der Waals surface area contributed by atoms with E-state index in [1.54, 1.807) is 6.92 Å². The molecule has 26 heavy (non-hydrogen) atoms. The molecule has 1 heterocycles. The Hall–Kier alpha value is -1.74. The van der Waals surface area contributed by atoms with E-state index in [1.165, 1.54) is 11.6 Å². The number of nitrogens with zero attached hydrogens (tertiary/aromatic N) is 1. The number of benzene rings is 1. The van der Waals surface area contributed by atoms with Crippen LogP contribution in [0.5, 0.6) is 0 Å². The third kappa shape index (κ3) is 4.91. The molecule has 8 heteroatoms. The summed E-state index contributed by atoms with van der Waals surface area (Å²) in [5.41, 5.74) is 2.98. The summed E-state index contributed by atoms with van der Waals surface area (Å²) in [6.07, 6.45) is 0.980. The van der Waals surface area contributed by atoms with Crippen molar-refractivity contribution in [1.29, 1.82) is 0 Å². The van der Waals surface area contributed by atoms with Gasteiger partial charge in [0, 0.05) is 6.54 Å². The van der Waals surface area contributed by atoms with Crippen LogP contribution in [0.2, 0.25) is 0 Å². The zero-order valence-corrected chi connectivity index (χ0v) is 17.1. The number of hydrogen-bond donors (Lipinski definition) is 2. The summed E-state index contributed by atoms with van der Waals surface area (Å²) in [5.74, 6) is -0.292. The maximum Gasteiger partial charge on any atom is 0.261 e. The molecule has 0 spiro atoms. The quantitative estimate of drug-likeness (QED) is 0.752. The molecule has 142 valence electrons. The third-order valence-corrected chi connectivity index (χ3v) is 6.89. The van der Waals surface area contributed by atoms with Crippen molar-refractivity contribution in [2.24, 2.45) is 5.14 Å². The van der Waals surface area contributed by atoms with Gasteiger partial charge in [-0.3, -0.25) is 4.79 Å². The first-order valence-corrected chi connectivity index (χ1v) is 10.7. The van der Waals surface area contributed by atoms with Crippen LogP contribution in [0.15, 0.2) is 34.5 Å². The van der Waals surface area contributed by atoms with E-state index in [4.69, 9.17) is 5.14 Å². The molecule has 0 unspecified atom stereocenters. The fourth-order valence-electron chi connectivity index (χ4n) is 2.66. The van der Waals surface area contributed by atoms with Gasteiger partial charge in [-0.25, -0.2) is 13.6 Å². The zero-order chi connectivity index (χ0) is 19.5. The van der Waals surface area contributed by atoms with Gasteiger partial charge in [0.1, 0.15) is 4.21 Å². The Labute approximate surface area is 159 Å². The number of carbonyl (C=O) groups is 1. The monoisotopic (exact) mass is 395 g/mol. The summed E-state index contributed by atoms with van der Waals surface area (Å²) < 4.78 is 22.9. The number of amides is 1. The van der Waals surface area contributed by atoms with E-state index in [0.29, 0.717) is 17.0 Å². The number of rotatable bonds is 7. The molecule has 3 N–H and O–H groups in total. The van der Waals surface area contributed by atoms with E-state index in [9.17, 15) is 13.2 Å². The molecule has 0 aliphatic rings. The van der Waals surface area contributed by atoms with E-state index in [1.807, 2.05) is 19.0 Å². The molecule has 0 bridgehead atoms. The minimum atomic E-state index is -3.80. The molecule has 0 saturated carbocycles. The number of aryl methyl sites for hydroxylation is 2. The number of nitrogens with one attached hydrogen (secondary N) is 1. The predicted molar refractivity (Wildman–Crippen MR) is 105 cm³/mol. The maximum atomic E-state index is 12.5. The molecule has 2 rings (SSSR count). The van der Waals surface area contributed by atoms with Gasteiger partial charge >= 0.3 is 0 Å². The number of likely N-dealkylation sites (N-methyl/N-ethyl adjacent to an activating group) is 1. The Bertz CT molecular complexity index is 872. The highest BCUT2D eigenvalue weighted by molar-refractivity contribution is 7.91. The van der Waals surface area contributed by atoms with Crippen LogP contribution in [-0.2, 0) is 16.4 Å². The smallest absolute Gasteiger partial charge is 0.261 e. The topological polar surface area (TPSA) is 92.5 Å². The van der Waals surface area contributed by atoms with Crippen LogP contribution < -0.4 is 10.5 Å². The fourth-order valence-corrected chi connectivity index (χ4v) is 4.54. The van der Waals surface area contributed by atoms with Gasteiger partial charge in [-0.2, -0.15) is 0 Å². The third-order valence-electron chi connectivity index (χ3n) is 4.23. The van der Waals surface area contributed by atoms with Crippen molar-refractivity contribution in [3.8, 4) is 0 Å². The van der Waals surface area contributed by atoms with Crippen molar-refractivity contribution in [3.05, 3.63) is 51.9 Å². The summed E-state index contributed by atoms with van der Waals surface area (Å²) in [6, 6.07) is 9.78. The number of primary sulfonamides is 1. The van der Waals surface area contributed by atoms with Gasteiger partial charge in [-0.1, -0.05) is 31.2 Å². The number of carbonyl (C=O) groups excluding carboxylic acids is 1. The Morgan fingerprint density at radius 3 is 2.35 bits per heavy atom. The molecule has 1 amide bonds. The van der Waals surface area contributed by atoms with Crippen LogP contribution in [0.3, 0.4) is 0 Å². The minimum Gasteiger partial charge on any atom is -0.349 e. The summed E-state index contributed by atoms with van der Waals surface area (Å²) >= 11 is 0.897. The van der Waals surface area contributed by atoms with E-state index in [2.05, 4.69) is 36.5 Å². The molecule has 1 aromatic heterocycles. The normalized spacial score (nSPS) is 13.0. The van der Waals surface area contributed by atoms with E-state index in [0.717, 1.165) is 23.3 Å². The molecule has 1 atom stereocenters. The average molecular weight is 396 g/mol. The number of sulfonamides is 1. The Morgan fingerprint density at radius 2 is 1.88 bits per heavy atom. The summed E-state index contributed by atoms with van der Waals surface area (Å²) in [5, 5.41) is 8.05. The highest BCUT2D eigenvalue weighted by Gasteiger charge is 2.21. The van der Waals surface area contributed by atoms with Crippen LogP contribution in [-0.4, -0.2) is 39.9 Å². The average Bonchev–Trinajstić information content (AvgIpc) is 2.97. The van der Waals surface area contributed by atoms with Crippen LogP contribution in [0.4, 0.5) is 0 Å². The lowest BCUT2D eigenvalue weighted by Crippen LogP contribution is -2.34. The summed E-state index contributed by atoms with van der Waals surface area (Å²) in [7, 11) is 0.115. The van der Waals surface area contributed by atoms with Gasteiger partial charge < -0.3 is 10.2 Å². The molecular weight excluding hydrogens is 370 g/mol. The summed E-state index contributed by atoms with van der Waals surface area (Å²) in [4.78, 5) is 14.9. The van der Waals surface area contributed by atoms with Crippen LogP contribution >= 0.6 is 11.3 Å². The van der Waals surface area contributed by atoms with Gasteiger partial charge in [0.25, 0.3) is 5.91 Å². The molecule has 6 nitrogen and oxygen atoms in total. The first-order chi connectivity index (χ1) is 12.1. The van der Waals surface area contributed by atoms with E-state index in [-0.39, 0.29) is 16.2 Å². The van der Waals surface area contributed by atoms with Crippen LogP contribution in [0, 0.1) is 6.92 Å². The molecule has 2 aromatic rings. The van der Waals surface area contributed by atoms with E-state index >= 15 is 0 Å². The predicted octanol–water partition coefficient (Wildman–Crippen LogP) is 2.30. The number of hydrogen-bond acceptors (Lipinski definition) is 5. The molecular formula is C18H25N3O3S2. The molecule has 0 saturated heterocycles. The molecule has 0 fully saturated rings. The second kappa shape index (κ2) is 8.30. The fraction of sp³-hybridized carbons (Fsp3) is 0.389. The van der Waals surface area contributed by atoms with Crippen LogP contribution in [0.1, 0.15) is 39.3 Å². The van der Waals surface area contributed by atoms with Crippen molar-refractivity contribution < 1.29 is 13.2 Å². The van der Waals surface area contributed by atoms with Gasteiger partial charge in [0.15, 0.2) is 0 Å². The van der Waals surface area contributed by atoms with Crippen LogP contribution in [0.25, 0.3) is 0 Å². The largest absolute Gasteiger partial charge is 0.349 e. The molecule has 1 aromatic carbocycles. The Balaban J connectivity index is 2.13. The second-order valence-corrected chi connectivity index (χ2v) is 9.25. The molecule has 0 aliphatic carbocycles. The Kier molecular flexibility index (Phi) is 6.57. The van der Waals surface area contributed by atoms with Gasteiger partial charge in [-0.15, -0.1) is 11.3 Å². The standard InChI is InChI=1S/C18H25N3O3S2/c1-5-13-6-8-14(9-7-13)15(21(3)4)11-20-18(22)17-12(2)10-16(25-17)26(19,23)24/h6-10,15H,5,11H2,1-4H3,(H,20,22)(H2,19,23,24)/t15-/m0/s1. The van der Waals surface area contributed by atoms with Crippen molar-refractivity contribution in [1.82, 2.24) is 10.2 Å². The van der Waals surface area contributed by atoms with E-state index < -0.39 is 10.0 Å². The highest BCUT2D eigenvalue weighted by atomic mass is 32.2. The first-order valence-electron chi connectivity index (χ1n) is 8.30. The zero-order valence-electron chi connectivity index (χ0n) is 15.4. The van der Waals surface area contributed by atoms with Gasteiger partial charge in [0.05, 0.1) is 10.9 Å². The second-order valence-electron chi connectivity index (χ2n) is 6.41. The SMILES string of the molecule is CCc1ccc([C@H](CNC(=O)c2sc(S(N)(=O)=O)cc2C)N(C)C)cc1. The lowest BCUT2D eigenvalue weighted by atomic mass is 10.0. The molecule has 0 aliphatic heterocycles. The molecule has 0 radical (unpaired) electrons. The lowest BCUT2D eigenvalue weighted by molar-refractivity contribution is 0.0945. The number of nitrogens with two attached hydrogens (primary N) is 1. The van der Waals surface area contributed by atoms with Crippen molar-refractivity contribution in [2.75, 3.05) is 20.6 Å². The number of thiophene rings is 1. The first kappa shape index (κ1) is 20.6. The van der Waals surface area contributed by atoms with Gasteiger partial charge in [-0.05, 0) is 50.2 Å². The Morgan fingerprint density at radius 1 is 1.27 bits per heavy atom. The van der Waals surface area contributed by atoms with Crippen molar-refractivity contribution in [3.63, 3.8) is 0 Å². The maximum absolute atomic E-state index is 12.5. The minimum absolute atomic E-state index is 0.000496.